The number of hydrogen-bond donors (Lipinski definition) is 0. The van der Waals surface area contributed by atoms with Gasteiger partial charge in [-0.15, -0.1) is 0 Å². The fraction of sp³-hybridized carbons (Fsp3) is 0.118. The van der Waals surface area contributed by atoms with Crippen LogP contribution in [0.3, 0.4) is 0 Å². The molecular weight excluding hydrogens is 374 g/mol. The molecular formula is C17H10Cl2F3N3. The van der Waals surface area contributed by atoms with Crippen molar-refractivity contribution in [1.82, 2.24) is 15.0 Å². The summed E-state index contributed by atoms with van der Waals surface area (Å²) in [5.74, 6) is -0.0817. The van der Waals surface area contributed by atoms with E-state index in [0.717, 1.165) is 11.6 Å². The van der Waals surface area contributed by atoms with Gasteiger partial charge in [0.1, 0.15) is 10.8 Å². The Kier molecular flexibility index (Phi) is 4.67. The molecule has 0 spiro atoms. The van der Waals surface area contributed by atoms with Gasteiger partial charge < -0.3 is 0 Å². The molecule has 0 saturated carbocycles. The van der Waals surface area contributed by atoms with Crippen LogP contribution in [0.4, 0.5) is 13.2 Å². The molecule has 3 aromatic rings. The van der Waals surface area contributed by atoms with Crippen LogP contribution >= 0.6 is 23.2 Å². The Morgan fingerprint density at radius 1 is 0.920 bits per heavy atom. The number of hydrogen-bond acceptors (Lipinski definition) is 3. The summed E-state index contributed by atoms with van der Waals surface area (Å²) in [4.78, 5) is 11.7. The third kappa shape index (κ3) is 3.91. The molecule has 0 N–H and O–H groups in total. The summed E-state index contributed by atoms with van der Waals surface area (Å²) in [6, 6.07) is 8.72. The van der Waals surface area contributed by atoms with Crippen molar-refractivity contribution < 1.29 is 13.2 Å². The Bertz CT molecular complexity index is 943. The molecule has 0 atom stereocenters. The molecule has 0 aliphatic rings. The van der Waals surface area contributed by atoms with Crippen molar-refractivity contribution >= 4 is 23.2 Å². The maximum absolute atomic E-state index is 13.3. The molecule has 128 valence electrons. The molecule has 8 heteroatoms. The maximum Gasteiger partial charge on any atom is 0.433 e. The molecule has 2 aromatic heterocycles. The third-order valence-electron chi connectivity index (χ3n) is 3.46. The molecule has 0 aliphatic heterocycles. The van der Waals surface area contributed by atoms with Crippen LogP contribution in [0.5, 0.6) is 0 Å². The second-order valence-corrected chi connectivity index (χ2v) is 6.09. The summed E-state index contributed by atoms with van der Waals surface area (Å²) in [5.41, 5.74) is 0.701. The van der Waals surface area contributed by atoms with Gasteiger partial charge in [0.05, 0.1) is 5.69 Å². The Hall–Kier alpha value is -2.18. The van der Waals surface area contributed by atoms with Crippen LogP contribution in [0.1, 0.15) is 11.3 Å². The van der Waals surface area contributed by atoms with E-state index < -0.39 is 11.9 Å². The van der Waals surface area contributed by atoms with Crippen LogP contribution in [0.2, 0.25) is 10.2 Å². The van der Waals surface area contributed by atoms with Gasteiger partial charge in [-0.2, -0.15) is 13.2 Å². The molecule has 2 heterocycles. The summed E-state index contributed by atoms with van der Waals surface area (Å²) in [7, 11) is 0. The van der Waals surface area contributed by atoms with Gasteiger partial charge in [0.2, 0.25) is 0 Å². The lowest BCUT2D eigenvalue weighted by atomic mass is 10.1. The number of benzene rings is 1. The predicted octanol–water partition coefficient (Wildman–Crippen LogP) is 5.84. The molecule has 0 saturated heterocycles. The molecule has 0 bridgehead atoms. The molecule has 1 aromatic carbocycles. The van der Waals surface area contributed by atoms with Crippen molar-refractivity contribution in [3.05, 3.63) is 64.0 Å². The first kappa shape index (κ1) is 17.6. The van der Waals surface area contributed by atoms with Gasteiger partial charge in [0, 0.05) is 22.3 Å². The molecule has 0 radical (unpaired) electrons. The van der Waals surface area contributed by atoms with Gasteiger partial charge >= 0.3 is 6.18 Å². The highest BCUT2D eigenvalue weighted by atomic mass is 35.5. The van der Waals surface area contributed by atoms with Crippen LogP contribution in [0.15, 0.2) is 42.6 Å². The summed E-state index contributed by atoms with van der Waals surface area (Å²) in [6.07, 6.45) is -3.22. The molecule has 0 unspecified atom stereocenters. The Morgan fingerprint density at radius 2 is 1.68 bits per heavy atom. The number of aryl methyl sites for hydroxylation is 1. The Morgan fingerprint density at radius 3 is 2.32 bits per heavy atom. The molecule has 0 aliphatic carbocycles. The van der Waals surface area contributed by atoms with Crippen LogP contribution < -0.4 is 0 Å². The third-order valence-corrected chi connectivity index (χ3v) is 4.09. The summed E-state index contributed by atoms with van der Waals surface area (Å²) < 4.78 is 39.8. The van der Waals surface area contributed by atoms with Crippen LogP contribution in [0.25, 0.3) is 22.6 Å². The minimum atomic E-state index is -4.61. The first-order valence-electron chi connectivity index (χ1n) is 7.09. The van der Waals surface area contributed by atoms with E-state index in [-0.39, 0.29) is 16.7 Å². The highest BCUT2D eigenvalue weighted by Crippen LogP contribution is 2.33. The topological polar surface area (TPSA) is 38.7 Å². The molecule has 3 nitrogen and oxygen atoms in total. The molecule has 0 amide bonds. The average molecular weight is 384 g/mol. The summed E-state index contributed by atoms with van der Waals surface area (Å²) >= 11 is 11.8. The zero-order valence-corrected chi connectivity index (χ0v) is 14.3. The van der Waals surface area contributed by atoms with Gasteiger partial charge in [-0.3, -0.25) is 0 Å². The minimum Gasteiger partial charge on any atom is -0.245 e. The fourth-order valence-electron chi connectivity index (χ4n) is 2.22. The summed E-state index contributed by atoms with van der Waals surface area (Å²) in [5, 5.41) is 0.664. The zero-order chi connectivity index (χ0) is 18.2. The normalized spacial score (nSPS) is 11.6. The second-order valence-electron chi connectivity index (χ2n) is 5.29. The van der Waals surface area contributed by atoms with Crippen LogP contribution in [0, 0.1) is 6.92 Å². The zero-order valence-electron chi connectivity index (χ0n) is 12.8. The van der Waals surface area contributed by atoms with E-state index in [4.69, 9.17) is 23.2 Å². The lowest BCUT2D eigenvalue weighted by molar-refractivity contribution is -0.141. The SMILES string of the molecule is Cc1cc(-c2cc(C(F)(F)F)nc(-c3ccnc(Cl)c3)n2)ccc1Cl. The van der Waals surface area contributed by atoms with Gasteiger partial charge in [-0.25, -0.2) is 15.0 Å². The summed E-state index contributed by atoms with van der Waals surface area (Å²) in [6.45, 7) is 1.77. The molecule has 0 fully saturated rings. The maximum atomic E-state index is 13.3. The van der Waals surface area contributed by atoms with E-state index in [1.165, 1.54) is 18.3 Å². The fourth-order valence-corrected chi connectivity index (χ4v) is 2.51. The van der Waals surface area contributed by atoms with E-state index in [1.807, 2.05) is 0 Å². The first-order valence-corrected chi connectivity index (χ1v) is 7.84. The molecule has 3 rings (SSSR count). The monoisotopic (exact) mass is 383 g/mol. The van der Waals surface area contributed by atoms with Gasteiger partial charge in [-0.05, 0) is 42.8 Å². The predicted molar refractivity (Wildman–Crippen MR) is 90.5 cm³/mol. The van der Waals surface area contributed by atoms with E-state index >= 15 is 0 Å². The van der Waals surface area contributed by atoms with Crippen LogP contribution in [-0.4, -0.2) is 15.0 Å². The first-order chi connectivity index (χ1) is 11.7. The quantitative estimate of drug-likeness (QED) is 0.521. The number of pyridine rings is 1. The highest BCUT2D eigenvalue weighted by Gasteiger charge is 2.34. The van der Waals surface area contributed by atoms with E-state index in [9.17, 15) is 13.2 Å². The van der Waals surface area contributed by atoms with E-state index in [0.29, 0.717) is 16.1 Å². The number of halogens is 5. The van der Waals surface area contributed by atoms with Crippen LogP contribution in [-0.2, 0) is 6.18 Å². The Labute approximate surface area is 151 Å². The van der Waals surface area contributed by atoms with Gasteiger partial charge in [0.15, 0.2) is 5.82 Å². The van der Waals surface area contributed by atoms with Crippen molar-refractivity contribution in [2.75, 3.05) is 0 Å². The largest absolute Gasteiger partial charge is 0.433 e. The van der Waals surface area contributed by atoms with Crippen molar-refractivity contribution in [1.29, 1.82) is 0 Å². The van der Waals surface area contributed by atoms with Crippen molar-refractivity contribution in [2.45, 2.75) is 13.1 Å². The lowest BCUT2D eigenvalue weighted by Gasteiger charge is -2.11. The van der Waals surface area contributed by atoms with Crippen molar-refractivity contribution in [3.8, 4) is 22.6 Å². The average Bonchev–Trinajstić information content (AvgIpc) is 2.56. The lowest BCUT2D eigenvalue weighted by Crippen LogP contribution is -2.10. The van der Waals surface area contributed by atoms with E-state index in [1.54, 1.807) is 25.1 Å². The number of nitrogens with zero attached hydrogens (tertiary/aromatic N) is 3. The number of aromatic nitrogens is 3. The van der Waals surface area contributed by atoms with Crippen molar-refractivity contribution in [3.63, 3.8) is 0 Å². The second kappa shape index (κ2) is 6.61. The minimum absolute atomic E-state index is 0.0817. The smallest absolute Gasteiger partial charge is 0.245 e. The van der Waals surface area contributed by atoms with E-state index in [2.05, 4.69) is 15.0 Å². The standard InChI is InChI=1S/C17H10Cl2F3N3/c1-9-6-10(2-3-12(9)18)13-8-14(17(20,21)22)25-16(24-13)11-4-5-23-15(19)7-11/h2-8H,1H3. The Balaban J connectivity index is 2.21. The molecule has 25 heavy (non-hydrogen) atoms. The van der Waals surface area contributed by atoms with Gasteiger partial charge in [-0.1, -0.05) is 29.3 Å². The van der Waals surface area contributed by atoms with Crippen molar-refractivity contribution in [2.24, 2.45) is 0 Å². The highest BCUT2D eigenvalue weighted by molar-refractivity contribution is 6.31. The number of rotatable bonds is 2. The van der Waals surface area contributed by atoms with Gasteiger partial charge in [0.25, 0.3) is 0 Å². The number of alkyl halides is 3.